The summed E-state index contributed by atoms with van der Waals surface area (Å²) in [6, 6.07) is 0.570. The Morgan fingerprint density at radius 2 is 1.71 bits per heavy atom. The second-order valence-corrected chi connectivity index (χ2v) is 11.8. The first-order chi connectivity index (χ1) is 7.93. The van der Waals surface area contributed by atoms with Gasteiger partial charge in [-0.3, -0.25) is 4.79 Å². The van der Waals surface area contributed by atoms with Crippen LogP contribution in [0.4, 0.5) is 0 Å². The molecule has 0 aromatic carbocycles. The van der Waals surface area contributed by atoms with Crippen molar-refractivity contribution in [2.75, 3.05) is 6.54 Å². The monoisotopic (exact) mass is 255 g/mol. The molecule has 1 fully saturated rings. The van der Waals surface area contributed by atoms with E-state index >= 15 is 0 Å². The van der Waals surface area contributed by atoms with Crippen LogP contribution < -0.4 is 0 Å². The Morgan fingerprint density at radius 1 is 1.12 bits per heavy atom. The maximum Gasteiger partial charge on any atom is 0.225 e. The van der Waals surface area contributed by atoms with Gasteiger partial charge in [0.2, 0.25) is 5.91 Å². The molecular weight excluding hydrogens is 226 g/mol. The first-order valence-corrected chi connectivity index (χ1v) is 10.8. The van der Waals surface area contributed by atoms with Crippen LogP contribution in [0.15, 0.2) is 0 Å². The summed E-state index contributed by atoms with van der Waals surface area (Å²) in [5.74, 6) is 0.457. The van der Waals surface area contributed by atoms with Crippen LogP contribution in [-0.4, -0.2) is 31.5 Å². The summed E-state index contributed by atoms with van der Waals surface area (Å²) >= 11 is 0. The Balaban J connectivity index is 2.63. The van der Waals surface area contributed by atoms with Gasteiger partial charge in [-0.15, -0.1) is 0 Å². The zero-order chi connectivity index (χ0) is 13.1. The molecule has 1 aliphatic rings. The highest BCUT2D eigenvalue weighted by Crippen LogP contribution is 2.42. The average molecular weight is 255 g/mol. The Labute approximate surface area is 108 Å². The number of hydrogen-bond donors (Lipinski definition) is 0. The summed E-state index contributed by atoms with van der Waals surface area (Å²) in [5, 5.41) is 0. The predicted octanol–water partition coefficient (Wildman–Crippen LogP) is 3.90. The summed E-state index contributed by atoms with van der Waals surface area (Å²) in [6.45, 7) is 12.4. The van der Waals surface area contributed by atoms with E-state index in [0.717, 1.165) is 13.0 Å². The van der Waals surface area contributed by atoms with E-state index in [2.05, 4.69) is 38.4 Å². The molecule has 0 aromatic heterocycles. The topological polar surface area (TPSA) is 20.3 Å². The fraction of sp³-hybridized carbons (Fsp3) is 0.929. The second-order valence-electron chi connectivity index (χ2n) is 6.44. The molecule has 0 unspecified atom stereocenters. The number of likely N-dealkylation sites (tertiary alicyclic amines) is 1. The van der Waals surface area contributed by atoms with E-state index in [1.54, 1.807) is 0 Å². The van der Waals surface area contributed by atoms with Gasteiger partial charge in [0, 0.05) is 12.6 Å². The standard InChI is InChI=1S/C14H29NOSi/c1-6-8-10-12-13(17(3,4)5)14(16)15(12)11-9-7-2/h12-13H,6-11H2,1-5H3/t12-,13-/m0/s1. The minimum atomic E-state index is -1.32. The van der Waals surface area contributed by atoms with Crippen molar-refractivity contribution in [3.63, 3.8) is 0 Å². The minimum absolute atomic E-state index is 0.394. The lowest BCUT2D eigenvalue weighted by molar-refractivity contribution is -0.146. The zero-order valence-electron chi connectivity index (χ0n) is 12.3. The molecule has 0 bridgehead atoms. The molecule has 1 rings (SSSR count). The Bertz CT molecular complexity index is 259. The molecule has 0 saturated carbocycles. The van der Waals surface area contributed by atoms with Crippen molar-refractivity contribution < 1.29 is 4.79 Å². The van der Waals surface area contributed by atoms with Gasteiger partial charge < -0.3 is 4.90 Å². The highest BCUT2D eigenvalue weighted by Gasteiger charge is 2.52. The number of carbonyl (C=O) groups excluding carboxylic acids is 1. The fourth-order valence-corrected chi connectivity index (χ4v) is 5.30. The molecule has 2 nitrogen and oxygen atoms in total. The van der Waals surface area contributed by atoms with Crippen LogP contribution in [0.5, 0.6) is 0 Å². The van der Waals surface area contributed by atoms with E-state index in [1.807, 2.05) is 0 Å². The van der Waals surface area contributed by atoms with Crippen molar-refractivity contribution >= 4 is 14.0 Å². The molecule has 0 radical (unpaired) electrons. The van der Waals surface area contributed by atoms with Gasteiger partial charge >= 0.3 is 0 Å². The first-order valence-electron chi connectivity index (χ1n) is 7.24. The van der Waals surface area contributed by atoms with Crippen LogP contribution in [0.25, 0.3) is 0 Å². The summed E-state index contributed by atoms with van der Waals surface area (Å²) in [7, 11) is -1.32. The van der Waals surface area contributed by atoms with Crippen LogP contribution in [0.3, 0.4) is 0 Å². The van der Waals surface area contributed by atoms with Gasteiger partial charge in [0.25, 0.3) is 0 Å². The van der Waals surface area contributed by atoms with E-state index in [0.29, 0.717) is 17.5 Å². The third kappa shape index (κ3) is 3.33. The van der Waals surface area contributed by atoms with E-state index in [4.69, 9.17) is 0 Å². The van der Waals surface area contributed by atoms with Crippen LogP contribution in [-0.2, 0) is 4.79 Å². The molecule has 3 heteroatoms. The lowest BCUT2D eigenvalue weighted by Gasteiger charge is -2.52. The molecule has 0 N–H and O–H groups in total. The van der Waals surface area contributed by atoms with Gasteiger partial charge in [-0.2, -0.15) is 0 Å². The molecule has 1 amide bonds. The summed E-state index contributed by atoms with van der Waals surface area (Å²) in [4.78, 5) is 14.4. The Hall–Kier alpha value is -0.313. The molecule has 0 aliphatic carbocycles. The molecule has 17 heavy (non-hydrogen) atoms. The van der Waals surface area contributed by atoms with Crippen molar-refractivity contribution in [2.24, 2.45) is 0 Å². The number of β-lactam (4-membered cyclic amide) rings is 1. The maximum absolute atomic E-state index is 12.2. The molecular formula is C14H29NOSi. The molecule has 2 atom stereocenters. The number of rotatable bonds is 7. The summed E-state index contributed by atoms with van der Waals surface area (Å²) in [5.41, 5.74) is 0.394. The van der Waals surface area contributed by atoms with Gasteiger partial charge in [-0.1, -0.05) is 52.8 Å². The van der Waals surface area contributed by atoms with Crippen molar-refractivity contribution in [1.82, 2.24) is 4.90 Å². The number of nitrogens with zero attached hydrogens (tertiary/aromatic N) is 1. The van der Waals surface area contributed by atoms with E-state index in [1.165, 1.54) is 25.7 Å². The quantitative estimate of drug-likeness (QED) is 0.499. The smallest absolute Gasteiger partial charge is 0.225 e. The lowest BCUT2D eigenvalue weighted by atomic mass is 9.95. The lowest BCUT2D eigenvalue weighted by Crippen LogP contribution is -2.64. The first kappa shape index (κ1) is 14.7. The van der Waals surface area contributed by atoms with E-state index in [9.17, 15) is 4.79 Å². The van der Waals surface area contributed by atoms with Crippen molar-refractivity contribution in [2.45, 2.75) is 77.2 Å². The van der Waals surface area contributed by atoms with Gasteiger partial charge in [-0.05, 0) is 12.8 Å². The van der Waals surface area contributed by atoms with E-state index in [-0.39, 0.29) is 0 Å². The molecule has 1 aliphatic heterocycles. The second kappa shape index (κ2) is 6.03. The summed E-state index contributed by atoms with van der Waals surface area (Å²) < 4.78 is 0. The van der Waals surface area contributed by atoms with Gasteiger partial charge in [-0.25, -0.2) is 0 Å². The van der Waals surface area contributed by atoms with Crippen LogP contribution in [0, 0.1) is 0 Å². The summed E-state index contributed by atoms with van der Waals surface area (Å²) in [6.07, 6.45) is 6.07. The normalized spacial score (nSPS) is 25.0. The molecule has 100 valence electrons. The molecule has 0 aromatic rings. The molecule has 0 spiro atoms. The number of hydrogen-bond acceptors (Lipinski definition) is 1. The van der Waals surface area contributed by atoms with Gasteiger partial charge in [0.15, 0.2) is 0 Å². The maximum atomic E-state index is 12.2. The van der Waals surface area contributed by atoms with Gasteiger partial charge in [0.05, 0.1) is 13.6 Å². The Morgan fingerprint density at radius 3 is 2.18 bits per heavy atom. The molecule has 1 heterocycles. The van der Waals surface area contributed by atoms with E-state index < -0.39 is 8.07 Å². The predicted molar refractivity (Wildman–Crippen MR) is 77.0 cm³/mol. The third-order valence-corrected chi connectivity index (χ3v) is 6.37. The largest absolute Gasteiger partial charge is 0.339 e. The van der Waals surface area contributed by atoms with Crippen molar-refractivity contribution in [3.05, 3.63) is 0 Å². The minimum Gasteiger partial charge on any atom is -0.339 e. The van der Waals surface area contributed by atoms with Crippen LogP contribution in [0.1, 0.15) is 46.0 Å². The van der Waals surface area contributed by atoms with Crippen LogP contribution >= 0.6 is 0 Å². The highest BCUT2D eigenvalue weighted by molar-refractivity contribution is 6.81. The Kier molecular flexibility index (Phi) is 5.23. The average Bonchev–Trinajstić information content (AvgIpc) is 2.22. The number of carbonyl (C=O) groups is 1. The van der Waals surface area contributed by atoms with Gasteiger partial charge in [0.1, 0.15) is 0 Å². The highest BCUT2D eigenvalue weighted by atomic mass is 28.3. The van der Waals surface area contributed by atoms with Crippen molar-refractivity contribution in [3.8, 4) is 0 Å². The third-order valence-electron chi connectivity index (χ3n) is 3.87. The zero-order valence-corrected chi connectivity index (χ0v) is 13.3. The number of amides is 1. The van der Waals surface area contributed by atoms with Crippen molar-refractivity contribution in [1.29, 1.82) is 0 Å². The van der Waals surface area contributed by atoms with Crippen LogP contribution in [0.2, 0.25) is 25.2 Å². The SMILES string of the molecule is CCCC[C@H]1[C@H]([Si](C)(C)C)C(=O)N1CCCC. The number of unbranched alkanes of at least 4 members (excludes halogenated alkanes) is 2. The molecule has 1 saturated heterocycles. The fourth-order valence-electron chi connectivity index (χ4n) is 2.89.